The number of carbonyl (C=O) groups excluding carboxylic acids is 1. The molecule has 1 unspecified atom stereocenters. The van der Waals surface area contributed by atoms with Crippen molar-refractivity contribution >= 4 is 21.9 Å². The standard InChI is InChI=1S/C14H15BrO2/c1-3-17-14(16)9(2)12-6-4-10-8-11(15)5-7-13(10)12/h5,7-8,12H,2-4,6H2,1H3. The van der Waals surface area contributed by atoms with Gasteiger partial charge in [-0.15, -0.1) is 0 Å². The number of rotatable bonds is 3. The lowest BCUT2D eigenvalue weighted by Crippen LogP contribution is -2.12. The van der Waals surface area contributed by atoms with Crippen molar-refractivity contribution in [1.29, 1.82) is 0 Å². The van der Waals surface area contributed by atoms with Crippen LogP contribution in [0.1, 0.15) is 30.4 Å². The summed E-state index contributed by atoms with van der Waals surface area (Å²) in [6, 6.07) is 6.20. The molecular weight excluding hydrogens is 280 g/mol. The summed E-state index contributed by atoms with van der Waals surface area (Å²) in [6.45, 7) is 6.10. The molecule has 90 valence electrons. The van der Waals surface area contributed by atoms with Crippen molar-refractivity contribution in [3.63, 3.8) is 0 Å². The van der Waals surface area contributed by atoms with Gasteiger partial charge in [-0.1, -0.05) is 28.6 Å². The lowest BCUT2D eigenvalue weighted by molar-refractivity contribution is -0.138. The zero-order valence-corrected chi connectivity index (χ0v) is 11.4. The normalized spacial score (nSPS) is 17.6. The summed E-state index contributed by atoms with van der Waals surface area (Å²) in [6.07, 6.45) is 1.95. The highest BCUT2D eigenvalue weighted by Crippen LogP contribution is 2.39. The Kier molecular flexibility index (Phi) is 3.67. The maximum Gasteiger partial charge on any atom is 0.334 e. The summed E-state index contributed by atoms with van der Waals surface area (Å²) >= 11 is 3.46. The lowest BCUT2D eigenvalue weighted by Gasteiger charge is -2.13. The fraction of sp³-hybridized carbons (Fsp3) is 0.357. The maximum absolute atomic E-state index is 11.7. The van der Waals surface area contributed by atoms with Gasteiger partial charge in [0.05, 0.1) is 6.61 Å². The van der Waals surface area contributed by atoms with E-state index in [0.717, 1.165) is 17.3 Å². The summed E-state index contributed by atoms with van der Waals surface area (Å²) in [5, 5.41) is 0. The van der Waals surface area contributed by atoms with Crippen molar-refractivity contribution in [2.45, 2.75) is 25.7 Å². The highest BCUT2D eigenvalue weighted by Gasteiger charge is 2.28. The van der Waals surface area contributed by atoms with E-state index < -0.39 is 0 Å². The van der Waals surface area contributed by atoms with E-state index in [0.29, 0.717) is 12.2 Å². The van der Waals surface area contributed by atoms with Crippen LogP contribution in [0.15, 0.2) is 34.8 Å². The average molecular weight is 295 g/mol. The van der Waals surface area contributed by atoms with Crippen molar-refractivity contribution in [2.24, 2.45) is 0 Å². The molecule has 0 spiro atoms. The zero-order valence-electron chi connectivity index (χ0n) is 9.83. The van der Waals surface area contributed by atoms with E-state index in [4.69, 9.17) is 4.74 Å². The van der Waals surface area contributed by atoms with Crippen LogP contribution >= 0.6 is 15.9 Å². The second kappa shape index (κ2) is 5.05. The molecule has 1 aliphatic carbocycles. The third-order valence-electron chi connectivity index (χ3n) is 3.14. The average Bonchev–Trinajstić information content (AvgIpc) is 2.71. The highest BCUT2D eigenvalue weighted by molar-refractivity contribution is 9.10. The van der Waals surface area contributed by atoms with E-state index >= 15 is 0 Å². The molecule has 3 heteroatoms. The largest absolute Gasteiger partial charge is 0.463 e. The van der Waals surface area contributed by atoms with Crippen LogP contribution in [0.4, 0.5) is 0 Å². The highest BCUT2D eigenvalue weighted by atomic mass is 79.9. The Hall–Kier alpha value is -1.09. The van der Waals surface area contributed by atoms with Gasteiger partial charge in [0.25, 0.3) is 0 Å². The predicted octanol–water partition coefficient (Wildman–Crippen LogP) is 3.60. The van der Waals surface area contributed by atoms with Gasteiger partial charge in [0.1, 0.15) is 0 Å². The number of hydrogen-bond donors (Lipinski definition) is 0. The molecule has 2 rings (SSSR count). The molecule has 0 radical (unpaired) electrons. The molecule has 0 amide bonds. The summed E-state index contributed by atoms with van der Waals surface area (Å²) in [4.78, 5) is 11.7. The molecule has 0 aromatic heterocycles. The first-order valence-electron chi connectivity index (χ1n) is 5.77. The minimum atomic E-state index is -0.270. The molecule has 0 fully saturated rings. The Labute approximate surface area is 110 Å². The fourth-order valence-corrected chi connectivity index (χ4v) is 2.72. The maximum atomic E-state index is 11.7. The van der Waals surface area contributed by atoms with Gasteiger partial charge in [0.2, 0.25) is 0 Å². The number of fused-ring (bicyclic) bond motifs is 1. The minimum Gasteiger partial charge on any atom is -0.463 e. The Bertz CT molecular complexity index is 465. The molecule has 0 aliphatic heterocycles. The molecule has 17 heavy (non-hydrogen) atoms. The van der Waals surface area contributed by atoms with Crippen molar-refractivity contribution in [2.75, 3.05) is 6.61 Å². The second-order valence-corrected chi connectivity index (χ2v) is 5.10. The number of benzene rings is 1. The predicted molar refractivity (Wildman–Crippen MR) is 71.0 cm³/mol. The first kappa shape index (κ1) is 12.4. The van der Waals surface area contributed by atoms with Crippen molar-refractivity contribution in [3.05, 3.63) is 46.0 Å². The van der Waals surface area contributed by atoms with Crippen LogP contribution < -0.4 is 0 Å². The number of hydrogen-bond acceptors (Lipinski definition) is 2. The van der Waals surface area contributed by atoms with Crippen LogP contribution in [0, 0.1) is 0 Å². The first-order valence-corrected chi connectivity index (χ1v) is 6.57. The van der Waals surface area contributed by atoms with E-state index in [1.165, 1.54) is 11.1 Å². The van der Waals surface area contributed by atoms with Crippen LogP contribution in [0.5, 0.6) is 0 Å². The van der Waals surface area contributed by atoms with Crippen LogP contribution in [-0.4, -0.2) is 12.6 Å². The monoisotopic (exact) mass is 294 g/mol. The molecule has 1 aliphatic rings. The third kappa shape index (κ3) is 2.44. The molecule has 0 saturated carbocycles. The number of carbonyl (C=O) groups is 1. The molecule has 0 heterocycles. The summed E-state index contributed by atoms with van der Waals surface area (Å²) < 4.78 is 6.09. The molecule has 2 nitrogen and oxygen atoms in total. The Morgan fingerprint density at radius 1 is 1.59 bits per heavy atom. The van der Waals surface area contributed by atoms with Crippen LogP contribution in [0.3, 0.4) is 0 Å². The topological polar surface area (TPSA) is 26.3 Å². The van der Waals surface area contributed by atoms with Crippen molar-refractivity contribution in [3.8, 4) is 0 Å². The van der Waals surface area contributed by atoms with E-state index in [9.17, 15) is 4.79 Å². The first-order chi connectivity index (χ1) is 8.13. The molecule has 1 aromatic rings. The van der Waals surface area contributed by atoms with Crippen LogP contribution in [0.25, 0.3) is 0 Å². The molecule has 0 saturated heterocycles. The van der Waals surface area contributed by atoms with Crippen LogP contribution in [-0.2, 0) is 16.0 Å². The van der Waals surface area contributed by atoms with Crippen LogP contribution in [0.2, 0.25) is 0 Å². The van der Waals surface area contributed by atoms with E-state index in [1.54, 1.807) is 0 Å². The molecule has 0 bridgehead atoms. The Morgan fingerprint density at radius 3 is 3.06 bits per heavy atom. The van der Waals surface area contributed by atoms with Crippen molar-refractivity contribution in [1.82, 2.24) is 0 Å². The van der Waals surface area contributed by atoms with E-state index in [2.05, 4.69) is 34.6 Å². The van der Waals surface area contributed by atoms with Gasteiger partial charge >= 0.3 is 5.97 Å². The van der Waals surface area contributed by atoms with Gasteiger partial charge in [-0.25, -0.2) is 4.79 Å². The van der Waals surface area contributed by atoms with Gasteiger partial charge in [-0.2, -0.15) is 0 Å². The van der Waals surface area contributed by atoms with Crippen molar-refractivity contribution < 1.29 is 9.53 Å². The zero-order chi connectivity index (χ0) is 12.4. The molecule has 0 N–H and O–H groups in total. The quantitative estimate of drug-likeness (QED) is 0.629. The summed E-state index contributed by atoms with van der Waals surface area (Å²) in [5.41, 5.74) is 3.09. The number of aryl methyl sites for hydroxylation is 1. The number of halogens is 1. The molecule has 1 aromatic carbocycles. The molecule has 1 atom stereocenters. The fourth-order valence-electron chi connectivity index (χ4n) is 2.31. The van der Waals surface area contributed by atoms with E-state index in [1.807, 2.05) is 13.0 Å². The SMILES string of the molecule is C=C(C(=O)OCC)C1CCc2cc(Br)ccc21. The minimum absolute atomic E-state index is 0.122. The van der Waals surface area contributed by atoms with Gasteiger partial charge in [0.15, 0.2) is 0 Å². The number of esters is 1. The Balaban J connectivity index is 2.22. The Morgan fingerprint density at radius 2 is 2.35 bits per heavy atom. The van der Waals surface area contributed by atoms with E-state index in [-0.39, 0.29) is 11.9 Å². The lowest BCUT2D eigenvalue weighted by atomic mass is 9.94. The van der Waals surface area contributed by atoms with Gasteiger partial charge in [0, 0.05) is 16.0 Å². The summed E-state index contributed by atoms with van der Waals surface area (Å²) in [7, 11) is 0. The van der Waals surface area contributed by atoms with Gasteiger partial charge < -0.3 is 4.74 Å². The second-order valence-electron chi connectivity index (χ2n) is 4.18. The van der Waals surface area contributed by atoms with Gasteiger partial charge in [-0.05, 0) is 43.0 Å². The van der Waals surface area contributed by atoms with Gasteiger partial charge in [-0.3, -0.25) is 0 Å². The third-order valence-corrected chi connectivity index (χ3v) is 3.63. The summed E-state index contributed by atoms with van der Waals surface area (Å²) in [5.74, 6) is -0.148. The smallest absolute Gasteiger partial charge is 0.334 e. The number of ether oxygens (including phenoxy) is 1. The molecular formula is C14H15BrO2.